The monoisotopic (exact) mass is 345 g/mol. The van der Waals surface area contributed by atoms with Crippen molar-refractivity contribution in [1.82, 2.24) is 15.1 Å². The molecule has 3 fully saturated rings. The fourth-order valence-corrected chi connectivity index (χ4v) is 4.89. The van der Waals surface area contributed by atoms with Gasteiger partial charge in [0.15, 0.2) is 0 Å². The Morgan fingerprint density at radius 3 is 2.88 bits per heavy atom. The van der Waals surface area contributed by atoms with Crippen LogP contribution in [0.2, 0.25) is 0 Å². The largest absolute Gasteiger partial charge is 0.422 e. The molecule has 0 spiro atoms. The van der Waals surface area contributed by atoms with E-state index in [0.29, 0.717) is 23.8 Å². The highest BCUT2D eigenvalue weighted by Crippen LogP contribution is 2.43. The molecule has 0 N–H and O–H groups in total. The number of aryl methyl sites for hydroxylation is 1. The van der Waals surface area contributed by atoms with Crippen molar-refractivity contribution in [3.8, 4) is 0 Å². The van der Waals surface area contributed by atoms with Crippen LogP contribution in [0.3, 0.4) is 0 Å². The van der Waals surface area contributed by atoms with Crippen molar-refractivity contribution < 1.29 is 9.15 Å². The smallest absolute Gasteiger partial charge is 0.245 e. The van der Waals surface area contributed by atoms with E-state index in [2.05, 4.69) is 34.2 Å². The number of hydrogen-bond acceptors (Lipinski definition) is 6. The molecule has 2 saturated heterocycles. The van der Waals surface area contributed by atoms with E-state index >= 15 is 0 Å². The highest BCUT2D eigenvalue weighted by molar-refractivity contribution is 7.11. The lowest BCUT2D eigenvalue weighted by Crippen LogP contribution is -2.41. The van der Waals surface area contributed by atoms with Gasteiger partial charge < -0.3 is 9.15 Å². The van der Waals surface area contributed by atoms with E-state index in [1.54, 1.807) is 0 Å². The molecule has 5 nitrogen and oxygen atoms in total. The Labute approximate surface area is 146 Å². The predicted molar refractivity (Wildman–Crippen MR) is 90.9 cm³/mol. The van der Waals surface area contributed by atoms with Crippen molar-refractivity contribution in [3.63, 3.8) is 0 Å². The Morgan fingerprint density at radius 1 is 1.21 bits per heavy atom. The molecule has 0 bridgehead atoms. The zero-order valence-electron chi connectivity index (χ0n) is 14.0. The van der Waals surface area contributed by atoms with Crippen molar-refractivity contribution in [2.45, 2.75) is 57.3 Å². The van der Waals surface area contributed by atoms with E-state index in [-0.39, 0.29) is 6.10 Å². The van der Waals surface area contributed by atoms with Crippen LogP contribution in [0.15, 0.2) is 16.5 Å². The Kier molecular flexibility index (Phi) is 3.72. The molecule has 3 atom stereocenters. The first-order chi connectivity index (χ1) is 11.7. The van der Waals surface area contributed by atoms with Gasteiger partial charge in [0.05, 0.1) is 6.10 Å². The fraction of sp³-hybridized carbons (Fsp3) is 0.667. The van der Waals surface area contributed by atoms with Crippen LogP contribution in [0.1, 0.15) is 59.2 Å². The van der Waals surface area contributed by atoms with Crippen LogP contribution in [0.25, 0.3) is 0 Å². The molecule has 0 unspecified atom stereocenters. The third-order valence-electron chi connectivity index (χ3n) is 5.47. The Hall–Kier alpha value is -1.24. The minimum atomic E-state index is 0.00364. The van der Waals surface area contributed by atoms with Crippen LogP contribution in [-0.2, 0) is 11.3 Å². The van der Waals surface area contributed by atoms with Gasteiger partial charge in [0.25, 0.3) is 0 Å². The van der Waals surface area contributed by atoms with E-state index in [9.17, 15) is 0 Å². The highest BCUT2D eigenvalue weighted by Gasteiger charge is 2.42. The van der Waals surface area contributed by atoms with Gasteiger partial charge in [-0.05, 0) is 57.2 Å². The first-order valence-corrected chi connectivity index (χ1v) is 9.82. The minimum absolute atomic E-state index is 0.00364. The van der Waals surface area contributed by atoms with E-state index in [1.165, 1.54) is 29.0 Å². The molecule has 5 rings (SSSR count). The van der Waals surface area contributed by atoms with Crippen LogP contribution in [0.5, 0.6) is 0 Å². The van der Waals surface area contributed by atoms with Crippen molar-refractivity contribution in [2.24, 2.45) is 5.92 Å². The van der Waals surface area contributed by atoms with E-state index < -0.39 is 0 Å². The number of ether oxygens (including phenoxy) is 1. The summed E-state index contributed by atoms with van der Waals surface area (Å²) in [6.07, 6.45) is 4.92. The highest BCUT2D eigenvalue weighted by atomic mass is 32.1. The number of hydrogen-bond donors (Lipinski definition) is 0. The summed E-state index contributed by atoms with van der Waals surface area (Å²) in [4.78, 5) is 5.37. The summed E-state index contributed by atoms with van der Waals surface area (Å²) in [5, 5.41) is 8.46. The zero-order valence-corrected chi connectivity index (χ0v) is 14.8. The standard InChI is InChI=1S/C18H23N3O2S/c1-11-2-5-14(24-11)9-21-7-6-13-8-15(22-16(13)10-21)18-20-19-17(23-18)12-3-4-12/h2,5,12-13,15-16H,3-4,6-10H2,1H3/t13-,15-,16+/m0/s1. The maximum Gasteiger partial charge on any atom is 0.245 e. The van der Waals surface area contributed by atoms with E-state index in [1.807, 2.05) is 11.3 Å². The Morgan fingerprint density at radius 2 is 2.08 bits per heavy atom. The molecule has 0 aromatic carbocycles. The molecule has 1 aliphatic carbocycles. The molecule has 4 heterocycles. The predicted octanol–water partition coefficient (Wildman–Crippen LogP) is 3.67. The Balaban J connectivity index is 1.22. The molecule has 0 amide bonds. The van der Waals surface area contributed by atoms with Crippen LogP contribution >= 0.6 is 11.3 Å². The fourth-order valence-electron chi connectivity index (χ4n) is 3.96. The number of nitrogens with zero attached hydrogens (tertiary/aromatic N) is 3. The molecule has 3 aliphatic rings. The number of fused-ring (bicyclic) bond motifs is 1. The van der Waals surface area contributed by atoms with Crippen molar-refractivity contribution in [2.75, 3.05) is 13.1 Å². The van der Waals surface area contributed by atoms with Crippen molar-refractivity contribution in [3.05, 3.63) is 33.7 Å². The summed E-state index contributed by atoms with van der Waals surface area (Å²) in [5.74, 6) is 2.66. The minimum Gasteiger partial charge on any atom is -0.422 e. The van der Waals surface area contributed by atoms with Gasteiger partial charge in [-0.2, -0.15) is 0 Å². The number of rotatable bonds is 4. The van der Waals surface area contributed by atoms with Crippen LogP contribution in [-0.4, -0.2) is 34.3 Å². The number of likely N-dealkylation sites (tertiary alicyclic amines) is 1. The second-order valence-corrected chi connectivity index (χ2v) is 8.82. The molecule has 1 saturated carbocycles. The van der Waals surface area contributed by atoms with Crippen LogP contribution < -0.4 is 0 Å². The maximum atomic E-state index is 6.30. The molecule has 6 heteroatoms. The van der Waals surface area contributed by atoms with Gasteiger partial charge in [0.2, 0.25) is 11.8 Å². The maximum absolute atomic E-state index is 6.30. The third-order valence-corrected chi connectivity index (χ3v) is 6.46. The molecule has 0 radical (unpaired) electrons. The zero-order chi connectivity index (χ0) is 16.1. The van der Waals surface area contributed by atoms with Gasteiger partial charge in [-0.25, -0.2) is 0 Å². The molecule has 2 aromatic heterocycles. The van der Waals surface area contributed by atoms with Crippen LogP contribution in [0.4, 0.5) is 0 Å². The van der Waals surface area contributed by atoms with Gasteiger partial charge in [-0.3, -0.25) is 4.90 Å². The van der Waals surface area contributed by atoms with E-state index in [0.717, 1.165) is 31.9 Å². The average Bonchev–Trinajstić information content (AvgIpc) is 2.98. The SMILES string of the molecule is Cc1ccc(CN2CC[C@H]3C[C@@H](c4nnc(C5CC5)o4)O[C@@H]3C2)s1. The number of piperidine rings is 1. The lowest BCUT2D eigenvalue weighted by molar-refractivity contribution is -0.0175. The van der Waals surface area contributed by atoms with Crippen molar-refractivity contribution >= 4 is 11.3 Å². The summed E-state index contributed by atoms with van der Waals surface area (Å²) < 4.78 is 12.2. The summed E-state index contributed by atoms with van der Waals surface area (Å²) in [6, 6.07) is 4.46. The quantitative estimate of drug-likeness (QED) is 0.846. The average molecular weight is 345 g/mol. The Bertz CT molecular complexity index is 723. The molecule has 24 heavy (non-hydrogen) atoms. The van der Waals surface area contributed by atoms with Gasteiger partial charge in [-0.1, -0.05) is 0 Å². The summed E-state index contributed by atoms with van der Waals surface area (Å²) >= 11 is 1.90. The van der Waals surface area contributed by atoms with Crippen LogP contribution in [0, 0.1) is 12.8 Å². The second kappa shape index (κ2) is 5.93. The lowest BCUT2D eigenvalue weighted by atomic mass is 9.92. The molecule has 2 aromatic rings. The number of thiophene rings is 1. The second-order valence-electron chi connectivity index (χ2n) is 7.45. The van der Waals surface area contributed by atoms with Gasteiger partial charge in [0.1, 0.15) is 6.10 Å². The molecular formula is C18H23N3O2S. The summed E-state index contributed by atoms with van der Waals surface area (Å²) in [6.45, 7) is 5.39. The summed E-state index contributed by atoms with van der Waals surface area (Å²) in [5.41, 5.74) is 0. The number of aromatic nitrogens is 2. The molecule has 2 aliphatic heterocycles. The first-order valence-electron chi connectivity index (χ1n) is 9.01. The normalized spacial score (nSPS) is 30.6. The van der Waals surface area contributed by atoms with Gasteiger partial charge in [0, 0.05) is 28.8 Å². The van der Waals surface area contributed by atoms with Crippen molar-refractivity contribution in [1.29, 1.82) is 0 Å². The topological polar surface area (TPSA) is 51.4 Å². The lowest BCUT2D eigenvalue weighted by Gasteiger charge is -2.33. The van der Waals surface area contributed by atoms with Gasteiger partial charge >= 0.3 is 0 Å². The summed E-state index contributed by atoms with van der Waals surface area (Å²) in [7, 11) is 0. The molecular weight excluding hydrogens is 322 g/mol. The van der Waals surface area contributed by atoms with E-state index in [4.69, 9.17) is 9.15 Å². The third kappa shape index (κ3) is 2.91. The first kappa shape index (κ1) is 15.0. The molecule has 128 valence electrons. The van der Waals surface area contributed by atoms with Gasteiger partial charge in [-0.15, -0.1) is 21.5 Å².